The maximum Gasteiger partial charge on any atom is 0.119 e. The van der Waals surface area contributed by atoms with Crippen molar-refractivity contribution in [2.24, 2.45) is 0 Å². The molecule has 20 heavy (non-hydrogen) atoms. The first-order chi connectivity index (χ1) is 9.79. The highest BCUT2D eigenvalue weighted by atomic mass is 79.9. The SMILES string of the molecule is COc1cccc(-c2n[nH]c(C3CCCNC3)c2Br)c1. The van der Waals surface area contributed by atoms with Crippen LogP contribution in [0.5, 0.6) is 5.75 Å². The largest absolute Gasteiger partial charge is 0.497 e. The van der Waals surface area contributed by atoms with Crippen molar-refractivity contribution < 1.29 is 4.74 Å². The third-order valence-electron chi connectivity index (χ3n) is 3.78. The summed E-state index contributed by atoms with van der Waals surface area (Å²) in [6, 6.07) is 7.98. The Morgan fingerprint density at radius 1 is 1.40 bits per heavy atom. The monoisotopic (exact) mass is 335 g/mol. The standard InChI is InChI=1S/C15H18BrN3O/c1-20-12-6-2-4-10(8-12)14-13(16)15(19-18-14)11-5-3-7-17-9-11/h2,4,6,8,11,17H,3,5,7,9H2,1H3,(H,18,19). The maximum atomic E-state index is 5.28. The van der Waals surface area contributed by atoms with Gasteiger partial charge in [-0.3, -0.25) is 5.10 Å². The third kappa shape index (κ3) is 2.60. The number of rotatable bonds is 3. The van der Waals surface area contributed by atoms with Crippen LogP contribution in [0.2, 0.25) is 0 Å². The zero-order valence-electron chi connectivity index (χ0n) is 11.4. The van der Waals surface area contributed by atoms with Crippen LogP contribution in [0.1, 0.15) is 24.5 Å². The summed E-state index contributed by atoms with van der Waals surface area (Å²) in [5.41, 5.74) is 3.20. The van der Waals surface area contributed by atoms with E-state index in [0.717, 1.165) is 34.6 Å². The van der Waals surface area contributed by atoms with Crippen LogP contribution >= 0.6 is 15.9 Å². The average Bonchev–Trinajstić information content (AvgIpc) is 2.90. The van der Waals surface area contributed by atoms with E-state index in [1.54, 1.807) is 7.11 Å². The molecule has 0 saturated carbocycles. The number of benzene rings is 1. The maximum absolute atomic E-state index is 5.28. The van der Waals surface area contributed by atoms with E-state index in [9.17, 15) is 0 Å². The lowest BCUT2D eigenvalue weighted by atomic mass is 9.96. The van der Waals surface area contributed by atoms with Crippen molar-refractivity contribution >= 4 is 15.9 Å². The minimum Gasteiger partial charge on any atom is -0.497 e. The summed E-state index contributed by atoms with van der Waals surface area (Å²) >= 11 is 3.71. The molecule has 1 atom stereocenters. The number of aromatic nitrogens is 2. The minimum atomic E-state index is 0.505. The average molecular weight is 336 g/mol. The topological polar surface area (TPSA) is 49.9 Å². The number of hydrogen-bond acceptors (Lipinski definition) is 3. The molecule has 0 spiro atoms. The third-order valence-corrected chi connectivity index (χ3v) is 4.58. The number of hydrogen-bond donors (Lipinski definition) is 2. The van der Waals surface area contributed by atoms with E-state index in [1.165, 1.54) is 18.5 Å². The van der Waals surface area contributed by atoms with E-state index in [0.29, 0.717) is 5.92 Å². The molecule has 0 bridgehead atoms. The van der Waals surface area contributed by atoms with Crippen molar-refractivity contribution in [3.05, 3.63) is 34.4 Å². The number of nitrogens with one attached hydrogen (secondary N) is 2. The lowest BCUT2D eigenvalue weighted by Crippen LogP contribution is -2.28. The second-order valence-corrected chi connectivity index (χ2v) is 5.87. The Morgan fingerprint density at radius 2 is 2.30 bits per heavy atom. The number of halogens is 1. The highest BCUT2D eigenvalue weighted by Crippen LogP contribution is 2.35. The van der Waals surface area contributed by atoms with Gasteiger partial charge in [0, 0.05) is 18.0 Å². The molecule has 1 aliphatic heterocycles. The summed E-state index contributed by atoms with van der Waals surface area (Å²) in [4.78, 5) is 0. The normalized spacial score (nSPS) is 19.0. The van der Waals surface area contributed by atoms with Gasteiger partial charge < -0.3 is 10.1 Å². The molecule has 2 heterocycles. The highest BCUT2D eigenvalue weighted by molar-refractivity contribution is 9.10. The van der Waals surface area contributed by atoms with Gasteiger partial charge in [0.25, 0.3) is 0 Å². The van der Waals surface area contributed by atoms with E-state index >= 15 is 0 Å². The fourth-order valence-corrected chi connectivity index (χ4v) is 3.40. The summed E-state index contributed by atoms with van der Waals surface area (Å²) < 4.78 is 6.34. The van der Waals surface area contributed by atoms with Crippen molar-refractivity contribution in [2.75, 3.05) is 20.2 Å². The molecule has 1 saturated heterocycles. The molecule has 3 rings (SSSR count). The Bertz CT molecular complexity index is 591. The molecule has 2 aromatic rings. The van der Waals surface area contributed by atoms with Gasteiger partial charge in [-0.25, -0.2) is 0 Å². The summed E-state index contributed by atoms with van der Waals surface area (Å²) in [6.45, 7) is 2.13. The van der Waals surface area contributed by atoms with Gasteiger partial charge >= 0.3 is 0 Å². The first kappa shape index (κ1) is 13.6. The van der Waals surface area contributed by atoms with Gasteiger partial charge in [-0.2, -0.15) is 5.10 Å². The number of aromatic amines is 1. The van der Waals surface area contributed by atoms with Gasteiger partial charge in [0.2, 0.25) is 0 Å². The molecular weight excluding hydrogens is 318 g/mol. The van der Waals surface area contributed by atoms with Crippen LogP contribution in [0, 0.1) is 0 Å². The van der Waals surface area contributed by atoms with Crippen LogP contribution in [-0.4, -0.2) is 30.4 Å². The number of piperidine rings is 1. The predicted molar refractivity (Wildman–Crippen MR) is 83.1 cm³/mol. The predicted octanol–water partition coefficient (Wildman–Crippen LogP) is 3.31. The van der Waals surface area contributed by atoms with Crippen molar-refractivity contribution in [3.8, 4) is 17.0 Å². The summed E-state index contributed by atoms with van der Waals surface area (Å²) in [6.07, 6.45) is 2.41. The second-order valence-electron chi connectivity index (χ2n) is 5.08. The summed E-state index contributed by atoms with van der Waals surface area (Å²) in [5.74, 6) is 1.35. The lowest BCUT2D eigenvalue weighted by molar-refractivity contribution is 0.415. The Labute approximate surface area is 127 Å². The molecule has 5 heteroatoms. The molecule has 0 aliphatic carbocycles. The van der Waals surface area contributed by atoms with Crippen molar-refractivity contribution in [2.45, 2.75) is 18.8 Å². The molecule has 1 unspecified atom stereocenters. The quantitative estimate of drug-likeness (QED) is 0.904. The fourth-order valence-electron chi connectivity index (χ4n) is 2.67. The van der Waals surface area contributed by atoms with Crippen LogP contribution in [0.4, 0.5) is 0 Å². The van der Waals surface area contributed by atoms with E-state index in [2.05, 4.69) is 31.4 Å². The Morgan fingerprint density at radius 3 is 3.05 bits per heavy atom. The van der Waals surface area contributed by atoms with Crippen LogP contribution in [0.15, 0.2) is 28.7 Å². The first-order valence-corrected chi connectivity index (χ1v) is 7.68. The number of H-pyrrole nitrogens is 1. The molecule has 0 amide bonds. The summed E-state index contributed by atoms with van der Waals surface area (Å²) in [7, 11) is 1.68. The van der Waals surface area contributed by atoms with Gasteiger partial charge in [0.15, 0.2) is 0 Å². The van der Waals surface area contributed by atoms with E-state index < -0.39 is 0 Å². The molecule has 2 N–H and O–H groups in total. The zero-order valence-corrected chi connectivity index (χ0v) is 13.0. The fraction of sp³-hybridized carbons (Fsp3) is 0.400. The molecule has 1 aromatic heterocycles. The van der Waals surface area contributed by atoms with Gasteiger partial charge in [0.05, 0.1) is 17.3 Å². The molecule has 1 aliphatic rings. The van der Waals surface area contributed by atoms with Crippen LogP contribution in [0.3, 0.4) is 0 Å². The van der Waals surface area contributed by atoms with Gasteiger partial charge in [-0.05, 0) is 47.4 Å². The number of ether oxygens (including phenoxy) is 1. The van der Waals surface area contributed by atoms with Gasteiger partial charge in [-0.15, -0.1) is 0 Å². The Balaban J connectivity index is 1.92. The molecular formula is C15H18BrN3O. The van der Waals surface area contributed by atoms with Crippen LogP contribution in [-0.2, 0) is 0 Å². The van der Waals surface area contributed by atoms with E-state index in [1.807, 2.05) is 24.3 Å². The second kappa shape index (κ2) is 5.97. The van der Waals surface area contributed by atoms with Crippen LogP contribution in [0.25, 0.3) is 11.3 Å². The van der Waals surface area contributed by atoms with Gasteiger partial charge in [0.1, 0.15) is 11.4 Å². The lowest BCUT2D eigenvalue weighted by Gasteiger charge is -2.21. The number of methoxy groups -OCH3 is 1. The highest BCUT2D eigenvalue weighted by Gasteiger charge is 2.22. The Hall–Kier alpha value is -1.33. The minimum absolute atomic E-state index is 0.505. The van der Waals surface area contributed by atoms with E-state index in [-0.39, 0.29) is 0 Å². The van der Waals surface area contributed by atoms with Gasteiger partial charge in [-0.1, -0.05) is 12.1 Å². The molecule has 0 radical (unpaired) electrons. The molecule has 1 aromatic carbocycles. The smallest absolute Gasteiger partial charge is 0.119 e. The molecule has 106 valence electrons. The Kier molecular flexibility index (Phi) is 4.08. The summed E-state index contributed by atoms with van der Waals surface area (Å²) in [5, 5.41) is 11.1. The van der Waals surface area contributed by atoms with E-state index in [4.69, 9.17) is 4.74 Å². The first-order valence-electron chi connectivity index (χ1n) is 6.88. The van der Waals surface area contributed by atoms with Crippen molar-refractivity contribution in [3.63, 3.8) is 0 Å². The molecule has 1 fully saturated rings. The van der Waals surface area contributed by atoms with Crippen molar-refractivity contribution in [1.29, 1.82) is 0 Å². The number of nitrogens with zero attached hydrogens (tertiary/aromatic N) is 1. The molecule has 4 nitrogen and oxygen atoms in total. The van der Waals surface area contributed by atoms with Crippen molar-refractivity contribution in [1.82, 2.24) is 15.5 Å². The van der Waals surface area contributed by atoms with Crippen LogP contribution < -0.4 is 10.1 Å². The zero-order chi connectivity index (χ0) is 13.9.